The van der Waals surface area contributed by atoms with Crippen LogP contribution in [-0.2, 0) is 0 Å². The summed E-state index contributed by atoms with van der Waals surface area (Å²) in [6, 6.07) is 0. The molecule has 0 amide bonds. The Morgan fingerprint density at radius 1 is 1.56 bits per heavy atom. The number of hydrogen-bond donors (Lipinski definition) is 1. The monoisotopic (exact) mass is 242 g/mol. The predicted molar refractivity (Wildman–Crippen MR) is 62.9 cm³/mol. The number of aromatic nitrogens is 1. The molecular formula is C9H14N4O2S. The third-order valence-corrected chi connectivity index (χ3v) is 3.48. The van der Waals surface area contributed by atoms with Crippen LogP contribution in [0.4, 0.5) is 10.1 Å². The van der Waals surface area contributed by atoms with Gasteiger partial charge in [0.1, 0.15) is 6.20 Å². The molecule has 2 rings (SSSR count). The summed E-state index contributed by atoms with van der Waals surface area (Å²) >= 11 is 1.08. The van der Waals surface area contributed by atoms with Crippen LogP contribution in [0, 0.1) is 10.1 Å². The first kappa shape index (κ1) is 11.3. The maximum Gasteiger partial charge on any atom is 0.345 e. The van der Waals surface area contributed by atoms with E-state index in [9.17, 15) is 10.1 Å². The van der Waals surface area contributed by atoms with Crippen LogP contribution in [0.5, 0.6) is 0 Å². The Morgan fingerprint density at radius 2 is 2.31 bits per heavy atom. The zero-order valence-corrected chi connectivity index (χ0v) is 9.70. The van der Waals surface area contributed by atoms with E-state index in [1.807, 2.05) is 0 Å². The molecule has 0 bridgehead atoms. The van der Waals surface area contributed by atoms with Gasteiger partial charge in [0.15, 0.2) is 5.13 Å². The molecule has 1 aliphatic rings. The number of rotatable bonds is 5. The van der Waals surface area contributed by atoms with Crippen molar-refractivity contribution in [1.29, 1.82) is 0 Å². The molecule has 2 heterocycles. The second kappa shape index (κ2) is 5.22. The average molecular weight is 242 g/mol. The number of nitrogens with zero attached hydrogens (tertiary/aromatic N) is 3. The summed E-state index contributed by atoms with van der Waals surface area (Å²) in [6.07, 6.45) is 3.86. The molecule has 1 saturated heterocycles. The molecule has 88 valence electrons. The van der Waals surface area contributed by atoms with E-state index in [0.717, 1.165) is 24.4 Å². The van der Waals surface area contributed by atoms with Gasteiger partial charge >= 0.3 is 5.00 Å². The smallest absolute Gasteiger partial charge is 0.345 e. The quantitative estimate of drug-likeness (QED) is 0.626. The molecule has 0 spiro atoms. The topological polar surface area (TPSA) is 71.3 Å². The van der Waals surface area contributed by atoms with E-state index in [2.05, 4.69) is 15.2 Å². The Balaban J connectivity index is 1.74. The molecular weight excluding hydrogens is 228 g/mol. The van der Waals surface area contributed by atoms with E-state index in [0.29, 0.717) is 5.13 Å². The summed E-state index contributed by atoms with van der Waals surface area (Å²) in [5, 5.41) is 14.3. The van der Waals surface area contributed by atoms with Gasteiger partial charge in [-0.3, -0.25) is 10.1 Å². The summed E-state index contributed by atoms with van der Waals surface area (Å²) in [5.41, 5.74) is 0. The van der Waals surface area contributed by atoms with Crippen molar-refractivity contribution in [2.45, 2.75) is 12.8 Å². The Labute approximate surface area is 97.4 Å². The molecule has 0 aromatic carbocycles. The van der Waals surface area contributed by atoms with Crippen LogP contribution in [0.15, 0.2) is 6.20 Å². The highest BCUT2D eigenvalue weighted by Crippen LogP contribution is 2.24. The second-order valence-corrected chi connectivity index (χ2v) is 4.75. The number of nitro groups is 1. The van der Waals surface area contributed by atoms with Crippen molar-refractivity contribution in [3.05, 3.63) is 16.3 Å². The van der Waals surface area contributed by atoms with Crippen LogP contribution in [-0.4, -0.2) is 41.0 Å². The lowest BCUT2D eigenvalue weighted by molar-refractivity contribution is -0.380. The molecule has 1 aromatic heterocycles. The molecule has 1 N–H and O–H groups in total. The van der Waals surface area contributed by atoms with E-state index in [4.69, 9.17) is 0 Å². The molecule has 16 heavy (non-hydrogen) atoms. The molecule has 0 aliphatic carbocycles. The zero-order valence-electron chi connectivity index (χ0n) is 8.89. The first-order valence-electron chi connectivity index (χ1n) is 5.32. The van der Waals surface area contributed by atoms with Crippen LogP contribution >= 0.6 is 11.3 Å². The van der Waals surface area contributed by atoms with Gasteiger partial charge in [0.05, 0.1) is 4.92 Å². The van der Waals surface area contributed by atoms with Crippen molar-refractivity contribution < 1.29 is 4.92 Å². The van der Waals surface area contributed by atoms with Gasteiger partial charge < -0.3 is 10.2 Å². The van der Waals surface area contributed by atoms with Crippen molar-refractivity contribution in [2.24, 2.45) is 0 Å². The standard InChI is InChI=1S/C9H14N4O2S/c14-13(15)8-7-11-9(16-8)10-3-6-12-4-1-2-5-12/h7H,1-6H2,(H,10,11). The molecule has 1 aromatic rings. The van der Waals surface area contributed by atoms with Crippen LogP contribution in [0.1, 0.15) is 12.8 Å². The van der Waals surface area contributed by atoms with Gasteiger partial charge in [0, 0.05) is 13.1 Å². The SMILES string of the molecule is O=[N+]([O-])c1cnc(NCCN2CCCC2)s1. The maximum atomic E-state index is 10.4. The van der Waals surface area contributed by atoms with Crippen LogP contribution in [0.25, 0.3) is 0 Å². The van der Waals surface area contributed by atoms with Crippen LogP contribution in [0.2, 0.25) is 0 Å². The third kappa shape index (κ3) is 2.89. The van der Waals surface area contributed by atoms with Gasteiger partial charge in [0.2, 0.25) is 0 Å². The number of anilines is 1. The van der Waals surface area contributed by atoms with Gasteiger partial charge in [-0.15, -0.1) is 0 Å². The molecule has 1 fully saturated rings. The van der Waals surface area contributed by atoms with E-state index < -0.39 is 4.92 Å². The van der Waals surface area contributed by atoms with Gasteiger partial charge in [-0.25, -0.2) is 4.98 Å². The Kier molecular flexibility index (Phi) is 3.68. The summed E-state index contributed by atoms with van der Waals surface area (Å²) in [4.78, 5) is 16.4. The van der Waals surface area contributed by atoms with Crippen molar-refractivity contribution in [3.63, 3.8) is 0 Å². The van der Waals surface area contributed by atoms with Gasteiger partial charge in [0.25, 0.3) is 0 Å². The lowest BCUT2D eigenvalue weighted by Crippen LogP contribution is -2.25. The highest BCUT2D eigenvalue weighted by Gasteiger charge is 2.13. The van der Waals surface area contributed by atoms with Crippen LogP contribution < -0.4 is 5.32 Å². The minimum absolute atomic E-state index is 0.0867. The number of nitrogens with one attached hydrogen (secondary N) is 1. The molecule has 7 heteroatoms. The number of thiazole rings is 1. The van der Waals surface area contributed by atoms with Crippen molar-refractivity contribution in [1.82, 2.24) is 9.88 Å². The lowest BCUT2D eigenvalue weighted by atomic mass is 10.4. The Morgan fingerprint density at radius 3 is 2.94 bits per heavy atom. The summed E-state index contributed by atoms with van der Waals surface area (Å²) in [6.45, 7) is 4.11. The van der Waals surface area contributed by atoms with Gasteiger partial charge in [-0.05, 0) is 37.3 Å². The van der Waals surface area contributed by atoms with E-state index in [1.54, 1.807) is 0 Å². The van der Waals surface area contributed by atoms with E-state index in [1.165, 1.54) is 32.1 Å². The first-order valence-corrected chi connectivity index (χ1v) is 6.14. The fourth-order valence-electron chi connectivity index (χ4n) is 1.76. The first-order chi connectivity index (χ1) is 7.75. The third-order valence-electron chi connectivity index (χ3n) is 2.58. The molecule has 0 radical (unpaired) electrons. The van der Waals surface area contributed by atoms with Crippen molar-refractivity contribution in [2.75, 3.05) is 31.5 Å². The summed E-state index contributed by atoms with van der Waals surface area (Å²) in [7, 11) is 0. The van der Waals surface area contributed by atoms with Crippen molar-refractivity contribution >= 4 is 21.5 Å². The van der Waals surface area contributed by atoms with Crippen molar-refractivity contribution in [3.8, 4) is 0 Å². The van der Waals surface area contributed by atoms with Gasteiger partial charge in [-0.2, -0.15) is 0 Å². The van der Waals surface area contributed by atoms with Crippen LogP contribution in [0.3, 0.4) is 0 Å². The average Bonchev–Trinajstić information content (AvgIpc) is 2.87. The highest BCUT2D eigenvalue weighted by atomic mass is 32.1. The Hall–Kier alpha value is -1.21. The number of hydrogen-bond acceptors (Lipinski definition) is 6. The minimum Gasteiger partial charge on any atom is -0.360 e. The van der Waals surface area contributed by atoms with E-state index >= 15 is 0 Å². The maximum absolute atomic E-state index is 10.4. The lowest BCUT2D eigenvalue weighted by Gasteiger charge is -2.13. The zero-order chi connectivity index (χ0) is 11.4. The van der Waals surface area contributed by atoms with Gasteiger partial charge in [-0.1, -0.05) is 0 Å². The Bertz CT molecular complexity index is 362. The second-order valence-electron chi connectivity index (χ2n) is 3.74. The molecule has 0 unspecified atom stereocenters. The van der Waals surface area contributed by atoms with E-state index in [-0.39, 0.29) is 5.00 Å². The number of likely N-dealkylation sites (tertiary alicyclic amines) is 1. The fourth-order valence-corrected chi connectivity index (χ4v) is 2.42. The summed E-state index contributed by atoms with van der Waals surface area (Å²) in [5.74, 6) is 0. The molecule has 6 nitrogen and oxygen atoms in total. The fraction of sp³-hybridized carbons (Fsp3) is 0.667. The largest absolute Gasteiger partial charge is 0.360 e. The molecule has 0 saturated carbocycles. The summed E-state index contributed by atoms with van der Waals surface area (Å²) < 4.78 is 0. The normalized spacial score (nSPS) is 16.5. The highest BCUT2D eigenvalue weighted by molar-refractivity contribution is 7.18. The predicted octanol–water partition coefficient (Wildman–Crippen LogP) is 1.56. The molecule has 0 atom stereocenters. The molecule has 1 aliphatic heterocycles. The minimum atomic E-state index is -0.413.